The second kappa shape index (κ2) is 2.68. The van der Waals surface area contributed by atoms with Crippen molar-refractivity contribution in [1.29, 1.82) is 0 Å². The van der Waals surface area contributed by atoms with E-state index in [2.05, 4.69) is 4.40 Å². The molecule has 0 aliphatic carbocycles. The van der Waals surface area contributed by atoms with Gasteiger partial charge in [-0.05, 0) is 6.08 Å². The Morgan fingerprint density at radius 2 is 2.25 bits per heavy atom. The summed E-state index contributed by atoms with van der Waals surface area (Å²) in [6.45, 7) is -0.234. The highest BCUT2D eigenvalue weighted by Gasteiger charge is 2.26. The van der Waals surface area contributed by atoms with Gasteiger partial charge < -0.3 is 10.8 Å². The van der Waals surface area contributed by atoms with Crippen LogP contribution >= 0.6 is 0 Å². The maximum atomic E-state index is 10.9. The van der Waals surface area contributed by atoms with Crippen LogP contribution in [0.25, 0.3) is 0 Å². The normalized spacial score (nSPS) is 20.1. The van der Waals surface area contributed by atoms with Gasteiger partial charge in [-0.15, -0.1) is 0 Å². The molecule has 1 aliphatic heterocycles. The van der Waals surface area contributed by atoms with E-state index in [1.54, 1.807) is 0 Å². The number of rotatable bonds is 2. The first-order valence-corrected chi connectivity index (χ1v) is 4.40. The standard InChI is InChI=1S/C5H6N2O4S/c6-2-3-1-4(5(8)9)7-12(3,10)11/h1H,2,6H2,(H,8,9). The van der Waals surface area contributed by atoms with Crippen LogP contribution in [0.2, 0.25) is 0 Å². The monoisotopic (exact) mass is 190 g/mol. The van der Waals surface area contributed by atoms with Crippen LogP contribution in [0, 0.1) is 0 Å². The Morgan fingerprint density at radius 1 is 1.67 bits per heavy atom. The van der Waals surface area contributed by atoms with Crippen LogP contribution in [-0.2, 0) is 14.8 Å². The number of aliphatic carboxylic acids is 1. The molecule has 12 heavy (non-hydrogen) atoms. The Labute approximate surface area is 68.5 Å². The van der Waals surface area contributed by atoms with Gasteiger partial charge in [0.2, 0.25) is 0 Å². The van der Waals surface area contributed by atoms with Crippen molar-refractivity contribution in [2.24, 2.45) is 10.1 Å². The van der Waals surface area contributed by atoms with Gasteiger partial charge in [-0.3, -0.25) is 0 Å². The molecule has 0 bridgehead atoms. The maximum Gasteiger partial charge on any atom is 0.355 e. The molecule has 0 aromatic rings. The van der Waals surface area contributed by atoms with Crippen LogP contribution in [0.3, 0.4) is 0 Å². The number of carbonyl (C=O) groups is 1. The number of hydrogen-bond acceptors (Lipinski definition) is 4. The quantitative estimate of drug-likeness (QED) is 0.562. The fraction of sp³-hybridized carbons (Fsp3) is 0.200. The molecule has 3 N–H and O–H groups in total. The smallest absolute Gasteiger partial charge is 0.355 e. The van der Waals surface area contributed by atoms with Crippen LogP contribution in [0.5, 0.6) is 0 Å². The number of sulfonamides is 1. The molecule has 6 nitrogen and oxygen atoms in total. The van der Waals surface area contributed by atoms with E-state index in [0.717, 1.165) is 6.08 Å². The van der Waals surface area contributed by atoms with Crippen molar-refractivity contribution in [3.8, 4) is 0 Å². The van der Waals surface area contributed by atoms with E-state index < -0.39 is 21.7 Å². The summed E-state index contributed by atoms with van der Waals surface area (Å²) >= 11 is 0. The van der Waals surface area contributed by atoms with Crippen molar-refractivity contribution in [3.63, 3.8) is 0 Å². The average Bonchev–Trinajstić information content (AvgIpc) is 2.25. The zero-order chi connectivity index (χ0) is 9.35. The van der Waals surface area contributed by atoms with E-state index in [9.17, 15) is 13.2 Å². The highest BCUT2D eigenvalue weighted by molar-refractivity contribution is 7.94. The first kappa shape index (κ1) is 8.88. The summed E-state index contributed by atoms with van der Waals surface area (Å²) in [6, 6.07) is 0. The minimum atomic E-state index is -3.79. The average molecular weight is 190 g/mol. The Hall–Kier alpha value is -1.21. The van der Waals surface area contributed by atoms with E-state index in [1.165, 1.54) is 0 Å². The van der Waals surface area contributed by atoms with Gasteiger partial charge in [0, 0.05) is 6.54 Å². The lowest BCUT2D eigenvalue weighted by molar-refractivity contribution is -0.129. The number of carboxylic acid groups (broad SMARTS) is 1. The molecule has 1 aliphatic rings. The molecule has 0 saturated carbocycles. The van der Waals surface area contributed by atoms with Gasteiger partial charge in [-0.2, -0.15) is 12.8 Å². The predicted molar refractivity (Wildman–Crippen MR) is 41.1 cm³/mol. The highest BCUT2D eigenvalue weighted by Crippen LogP contribution is 2.15. The third-order valence-corrected chi connectivity index (χ3v) is 2.65. The third-order valence-electron chi connectivity index (χ3n) is 1.27. The minimum absolute atomic E-state index is 0.167. The first-order valence-electron chi connectivity index (χ1n) is 2.96. The van der Waals surface area contributed by atoms with Crippen molar-refractivity contribution < 1.29 is 18.3 Å². The molecule has 66 valence electrons. The van der Waals surface area contributed by atoms with E-state index >= 15 is 0 Å². The first-order chi connectivity index (χ1) is 5.47. The fourth-order valence-electron chi connectivity index (χ4n) is 0.706. The van der Waals surface area contributed by atoms with Crippen LogP contribution in [0.1, 0.15) is 0 Å². The molecule has 0 unspecified atom stereocenters. The molecular weight excluding hydrogens is 184 g/mol. The van der Waals surface area contributed by atoms with Crippen molar-refractivity contribution in [2.75, 3.05) is 6.54 Å². The van der Waals surface area contributed by atoms with E-state index in [4.69, 9.17) is 10.8 Å². The Morgan fingerprint density at radius 3 is 2.50 bits per heavy atom. The molecular formula is C5H6N2O4S. The summed E-state index contributed by atoms with van der Waals surface area (Å²) in [4.78, 5) is 10.1. The van der Waals surface area contributed by atoms with E-state index in [0.29, 0.717) is 0 Å². The topological polar surface area (TPSA) is 110 Å². The second-order valence-corrected chi connectivity index (χ2v) is 3.73. The van der Waals surface area contributed by atoms with E-state index in [-0.39, 0.29) is 11.4 Å². The fourth-order valence-corrected chi connectivity index (χ4v) is 1.68. The summed E-state index contributed by atoms with van der Waals surface area (Å²) in [6.07, 6.45) is 0.956. The number of hydrogen-bond donors (Lipinski definition) is 2. The Balaban J connectivity index is 3.17. The molecule has 1 rings (SSSR count). The third kappa shape index (κ3) is 1.36. The van der Waals surface area contributed by atoms with Crippen LogP contribution < -0.4 is 5.73 Å². The lowest BCUT2D eigenvalue weighted by atomic mass is 10.3. The highest BCUT2D eigenvalue weighted by atomic mass is 32.2. The van der Waals surface area contributed by atoms with E-state index in [1.807, 2.05) is 0 Å². The van der Waals surface area contributed by atoms with Crippen LogP contribution in [0.4, 0.5) is 0 Å². The minimum Gasteiger partial charge on any atom is -0.476 e. The van der Waals surface area contributed by atoms with Crippen LogP contribution in [0.15, 0.2) is 15.4 Å². The Kier molecular flexibility index (Phi) is 1.99. The molecule has 0 atom stereocenters. The van der Waals surface area contributed by atoms with Gasteiger partial charge in [-0.25, -0.2) is 4.79 Å². The number of carboxylic acids is 1. The summed E-state index contributed by atoms with van der Waals surface area (Å²) in [5.41, 5.74) is 4.57. The van der Waals surface area contributed by atoms with Crippen molar-refractivity contribution in [1.82, 2.24) is 0 Å². The largest absolute Gasteiger partial charge is 0.476 e. The zero-order valence-electron chi connectivity index (χ0n) is 5.89. The molecule has 0 aromatic heterocycles. The van der Waals surface area contributed by atoms with Gasteiger partial charge in [0.05, 0.1) is 4.91 Å². The molecule has 0 aromatic carbocycles. The maximum absolute atomic E-state index is 10.9. The van der Waals surface area contributed by atoms with Gasteiger partial charge >= 0.3 is 5.97 Å². The summed E-state index contributed by atoms with van der Waals surface area (Å²) in [5.74, 6) is -1.37. The molecule has 0 saturated heterocycles. The summed E-state index contributed by atoms with van der Waals surface area (Å²) in [7, 11) is -3.79. The molecule has 0 amide bonds. The SMILES string of the molecule is NCC1=CC(C(=O)O)=NS1(=O)=O. The van der Waals surface area contributed by atoms with Crippen molar-refractivity contribution in [3.05, 3.63) is 11.0 Å². The Bertz CT molecular complexity index is 378. The predicted octanol–water partition coefficient (Wildman–Crippen LogP) is -1.30. The molecule has 1 heterocycles. The summed E-state index contributed by atoms with van der Waals surface area (Å²) in [5, 5.41) is 8.38. The second-order valence-electron chi connectivity index (χ2n) is 2.07. The molecule has 0 radical (unpaired) electrons. The van der Waals surface area contributed by atoms with Gasteiger partial charge in [0.1, 0.15) is 0 Å². The van der Waals surface area contributed by atoms with Crippen molar-refractivity contribution >= 4 is 21.7 Å². The van der Waals surface area contributed by atoms with Crippen molar-refractivity contribution in [2.45, 2.75) is 0 Å². The lowest BCUT2D eigenvalue weighted by Crippen LogP contribution is -2.08. The lowest BCUT2D eigenvalue weighted by Gasteiger charge is -1.91. The van der Waals surface area contributed by atoms with Gasteiger partial charge in [0.15, 0.2) is 5.71 Å². The number of nitrogens with zero attached hydrogens (tertiary/aromatic N) is 1. The van der Waals surface area contributed by atoms with Gasteiger partial charge in [0.25, 0.3) is 10.0 Å². The molecule has 0 fully saturated rings. The van der Waals surface area contributed by atoms with Gasteiger partial charge in [-0.1, -0.05) is 0 Å². The summed E-state index contributed by atoms with van der Waals surface area (Å²) < 4.78 is 24.8. The molecule has 0 spiro atoms. The molecule has 7 heteroatoms. The van der Waals surface area contributed by atoms with Crippen LogP contribution in [-0.4, -0.2) is 31.8 Å². The zero-order valence-corrected chi connectivity index (χ0v) is 6.71. The number of nitrogens with two attached hydrogens (primary N) is 1.